The maximum atomic E-state index is 5.87. The number of aryl methyl sites for hydroxylation is 2. The lowest BCUT2D eigenvalue weighted by Crippen LogP contribution is -2.08. The fraction of sp³-hybridized carbons (Fsp3) is 0.286. The van der Waals surface area contributed by atoms with Crippen molar-refractivity contribution in [1.29, 1.82) is 0 Å². The largest absolute Gasteiger partial charge is 0.307 e. The van der Waals surface area contributed by atoms with E-state index < -0.39 is 0 Å². The fourth-order valence-corrected chi connectivity index (χ4v) is 2.34. The number of imidazole rings is 1. The highest BCUT2D eigenvalue weighted by Crippen LogP contribution is 2.17. The molecule has 3 aromatic rings. The predicted molar refractivity (Wildman–Crippen MR) is 77.8 cm³/mol. The minimum atomic E-state index is 0.534. The van der Waals surface area contributed by atoms with Crippen molar-refractivity contribution in [3.8, 4) is 0 Å². The fourth-order valence-electron chi connectivity index (χ4n) is 2.17. The summed E-state index contributed by atoms with van der Waals surface area (Å²) in [5.41, 5.74) is 3.80. The van der Waals surface area contributed by atoms with E-state index in [1.807, 2.05) is 25.3 Å². The Hall–Kier alpha value is -2.01. The van der Waals surface area contributed by atoms with Crippen molar-refractivity contribution in [1.82, 2.24) is 24.5 Å². The molecule has 3 rings (SSSR count). The van der Waals surface area contributed by atoms with Gasteiger partial charge in [0.1, 0.15) is 17.7 Å². The average molecular weight is 288 g/mol. The van der Waals surface area contributed by atoms with E-state index in [2.05, 4.69) is 24.5 Å². The van der Waals surface area contributed by atoms with Crippen molar-refractivity contribution in [3.05, 3.63) is 47.9 Å². The third-order valence-electron chi connectivity index (χ3n) is 3.08. The highest BCUT2D eigenvalue weighted by Gasteiger charge is 2.12. The number of fused-ring (bicyclic) bond motifs is 1. The van der Waals surface area contributed by atoms with Crippen molar-refractivity contribution < 1.29 is 0 Å². The number of aromatic nitrogens is 5. The third kappa shape index (κ3) is 2.49. The zero-order chi connectivity index (χ0) is 13.9. The third-order valence-corrected chi connectivity index (χ3v) is 3.27. The molecule has 0 aliphatic rings. The van der Waals surface area contributed by atoms with E-state index in [-0.39, 0.29) is 0 Å². The van der Waals surface area contributed by atoms with Gasteiger partial charge in [0, 0.05) is 24.7 Å². The zero-order valence-electron chi connectivity index (χ0n) is 11.1. The Balaban J connectivity index is 2.09. The molecule has 0 N–H and O–H groups in total. The smallest absolute Gasteiger partial charge is 0.160 e. The molecular formula is C14H14ClN5. The Morgan fingerprint density at radius 2 is 2.20 bits per heavy atom. The van der Waals surface area contributed by atoms with Gasteiger partial charge in [-0.3, -0.25) is 0 Å². The van der Waals surface area contributed by atoms with Crippen LogP contribution < -0.4 is 0 Å². The van der Waals surface area contributed by atoms with Crippen LogP contribution in [0.3, 0.4) is 0 Å². The van der Waals surface area contributed by atoms with E-state index in [4.69, 9.17) is 11.6 Å². The van der Waals surface area contributed by atoms with Gasteiger partial charge in [0.2, 0.25) is 0 Å². The molecule has 3 heterocycles. The van der Waals surface area contributed by atoms with Gasteiger partial charge >= 0.3 is 0 Å². The molecule has 102 valence electrons. The summed E-state index contributed by atoms with van der Waals surface area (Å²) in [6, 6.07) is 3.93. The van der Waals surface area contributed by atoms with E-state index in [1.165, 1.54) is 0 Å². The highest BCUT2D eigenvalue weighted by atomic mass is 35.5. The first-order valence-corrected chi connectivity index (χ1v) is 6.94. The van der Waals surface area contributed by atoms with Gasteiger partial charge in [-0.05, 0) is 24.6 Å². The van der Waals surface area contributed by atoms with Crippen LogP contribution in [-0.4, -0.2) is 30.4 Å². The van der Waals surface area contributed by atoms with Crippen LogP contribution in [0.25, 0.3) is 11.2 Å². The molecule has 6 heteroatoms. The minimum absolute atomic E-state index is 0.534. The van der Waals surface area contributed by atoms with E-state index >= 15 is 0 Å². The lowest BCUT2D eigenvalue weighted by molar-refractivity contribution is 0.728. The molecule has 0 spiro atoms. The average Bonchev–Trinajstić information content (AvgIpc) is 2.77. The monoisotopic (exact) mass is 287 g/mol. The molecule has 5 nitrogen and oxygen atoms in total. The predicted octanol–water partition coefficient (Wildman–Crippen LogP) is 2.36. The van der Waals surface area contributed by atoms with Crippen molar-refractivity contribution in [2.75, 3.05) is 5.88 Å². The van der Waals surface area contributed by atoms with Crippen LogP contribution in [-0.2, 0) is 13.0 Å². The standard InChI is InChI=1S/C14H14ClN5/c1-10-6-12-14(17-7-10)20(13(19-12)2-4-15)8-11-3-5-16-9-18-11/h3,5-7,9H,2,4,8H2,1H3. The van der Waals surface area contributed by atoms with Crippen LogP contribution in [0.4, 0.5) is 0 Å². The first kappa shape index (κ1) is 13.0. The molecule has 0 atom stereocenters. The molecule has 0 aliphatic heterocycles. The van der Waals surface area contributed by atoms with E-state index in [0.717, 1.165) is 28.2 Å². The quantitative estimate of drug-likeness (QED) is 0.691. The zero-order valence-corrected chi connectivity index (χ0v) is 11.9. The summed E-state index contributed by atoms with van der Waals surface area (Å²) >= 11 is 5.87. The molecule has 0 bridgehead atoms. The highest BCUT2D eigenvalue weighted by molar-refractivity contribution is 6.17. The minimum Gasteiger partial charge on any atom is -0.307 e. The van der Waals surface area contributed by atoms with Crippen LogP contribution >= 0.6 is 11.6 Å². The topological polar surface area (TPSA) is 56.5 Å². The second-order valence-electron chi connectivity index (χ2n) is 4.61. The number of alkyl halides is 1. The number of pyridine rings is 1. The molecule has 0 unspecified atom stereocenters. The van der Waals surface area contributed by atoms with Gasteiger partial charge in [-0.1, -0.05) is 0 Å². The second kappa shape index (κ2) is 5.54. The molecule has 0 saturated heterocycles. The van der Waals surface area contributed by atoms with E-state index in [0.29, 0.717) is 18.8 Å². The molecule has 0 fully saturated rings. The van der Waals surface area contributed by atoms with Crippen LogP contribution in [0, 0.1) is 6.92 Å². The first-order chi connectivity index (χ1) is 9.78. The molecule has 0 amide bonds. The van der Waals surface area contributed by atoms with Crippen LogP contribution in [0.2, 0.25) is 0 Å². The lowest BCUT2D eigenvalue weighted by atomic mass is 10.3. The van der Waals surface area contributed by atoms with Gasteiger partial charge in [0.25, 0.3) is 0 Å². The Morgan fingerprint density at radius 3 is 2.95 bits per heavy atom. The molecule has 0 radical (unpaired) electrons. The summed E-state index contributed by atoms with van der Waals surface area (Å²) in [7, 11) is 0. The number of nitrogens with zero attached hydrogens (tertiary/aromatic N) is 5. The van der Waals surface area contributed by atoms with E-state index in [9.17, 15) is 0 Å². The molecule has 0 saturated carbocycles. The van der Waals surface area contributed by atoms with Gasteiger partial charge in [-0.15, -0.1) is 11.6 Å². The molecular weight excluding hydrogens is 274 g/mol. The van der Waals surface area contributed by atoms with Gasteiger partial charge in [0.05, 0.1) is 12.2 Å². The lowest BCUT2D eigenvalue weighted by Gasteiger charge is -2.07. The molecule has 3 aromatic heterocycles. The van der Waals surface area contributed by atoms with Crippen LogP contribution in [0.5, 0.6) is 0 Å². The summed E-state index contributed by atoms with van der Waals surface area (Å²) in [6.45, 7) is 2.64. The van der Waals surface area contributed by atoms with Crippen molar-refractivity contribution in [3.63, 3.8) is 0 Å². The van der Waals surface area contributed by atoms with Crippen LogP contribution in [0.1, 0.15) is 17.1 Å². The van der Waals surface area contributed by atoms with Gasteiger partial charge < -0.3 is 4.57 Å². The summed E-state index contributed by atoms with van der Waals surface area (Å²) < 4.78 is 2.07. The summed E-state index contributed by atoms with van der Waals surface area (Å²) in [4.78, 5) is 17.3. The Kier molecular flexibility index (Phi) is 3.60. The van der Waals surface area contributed by atoms with Gasteiger partial charge in [-0.25, -0.2) is 19.9 Å². The molecule has 20 heavy (non-hydrogen) atoms. The summed E-state index contributed by atoms with van der Waals surface area (Å²) in [5, 5.41) is 0. The number of hydrogen-bond donors (Lipinski definition) is 0. The Morgan fingerprint density at radius 1 is 1.30 bits per heavy atom. The number of hydrogen-bond acceptors (Lipinski definition) is 4. The molecule has 0 aromatic carbocycles. The summed E-state index contributed by atoms with van der Waals surface area (Å²) in [6.07, 6.45) is 5.85. The normalized spacial score (nSPS) is 11.1. The SMILES string of the molecule is Cc1cnc2c(c1)nc(CCCl)n2Cc1ccncn1. The van der Waals surface area contributed by atoms with Gasteiger partial charge in [0.15, 0.2) is 5.65 Å². The number of rotatable bonds is 4. The maximum Gasteiger partial charge on any atom is 0.160 e. The first-order valence-electron chi connectivity index (χ1n) is 6.40. The maximum absolute atomic E-state index is 5.87. The Bertz CT molecular complexity index is 723. The number of halogens is 1. The van der Waals surface area contributed by atoms with Gasteiger partial charge in [-0.2, -0.15) is 0 Å². The van der Waals surface area contributed by atoms with Crippen molar-refractivity contribution >= 4 is 22.8 Å². The van der Waals surface area contributed by atoms with Crippen molar-refractivity contribution in [2.24, 2.45) is 0 Å². The summed E-state index contributed by atoms with van der Waals surface area (Å²) in [5.74, 6) is 1.47. The van der Waals surface area contributed by atoms with Crippen LogP contribution in [0.15, 0.2) is 30.9 Å². The second-order valence-corrected chi connectivity index (χ2v) is 4.99. The Labute approximate surface area is 121 Å². The van der Waals surface area contributed by atoms with Crippen molar-refractivity contribution in [2.45, 2.75) is 19.9 Å². The van der Waals surface area contributed by atoms with E-state index in [1.54, 1.807) is 12.5 Å². The molecule has 0 aliphatic carbocycles.